The number of para-hydroxylation sites is 1. The zero-order valence-electron chi connectivity index (χ0n) is 9.67. The SMILES string of the molecule is C/C(C#N)=C1/NCCc2c1[nH]c1ccccc21. The number of aromatic nitrogens is 1. The molecular formula is C14H13N3. The molecule has 0 atom stereocenters. The lowest BCUT2D eigenvalue weighted by atomic mass is 10.0. The van der Waals surface area contributed by atoms with Crippen molar-refractivity contribution in [1.82, 2.24) is 10.3 Å². The highest BCUT2D eigenvalue weighted by molar-refractivity contribution is 5.90. The van der Waals surface area contributed by atoms with Crippen LogP contribution in [0.3, 0.4) is 0 Å². The first-order valence-corrected chi connectivity index (χ1v) is 5.76. The molecule has 84 valence electrons. The summed E-state index contributed by atoms with van der Waals surface area (Å²) in [6, 6.07) is 10.5. The molecule has 0 aliphatic carbocycles. The van der Waals surface area contributed by atoms with Crippen molar-refractivity contribution < 1.29 is 0 Å². The standard InChI is InChI=1S/C14H13N3/c1-9(8-15)13-14-11(6-7-16-13)10-4-2-3-5-12(10)17-14/h2-5,16-17H,6-7H2,1H3/b13-9-. The van der Waals surface area contributed by atoms with Crippen molar-refractivity contribution in [3.05, 3.63) is 41.1 Å². The molecule has 0 amide bonds. The van der Waals surface area contributed by atoms with Gasteiger partial charge in [0, 0.05) is 17.4 Å². The molecule has 0 saturated carbocycles. The number of allylic oxidation sites excluding steroid dienone is 1. The lowest BCUT2D eigenvalue weighted by Crippen LogP contribution is -2.23. The molecule has 3 rings (SSSR count). The van der Waals surface area contributed by atoms with E-state index >= 15 is 0 Å². The van der Waals surface area contributed by atoms with E-state index in [2.05, 4.69) is 34.6 Å². The summed E-state index contributed by atoms with van der Waals surface area (Å²) in [6.45, 7) is 2.74. The first kappa shape index (κ1) is 9.98. The number of nitriles is 1. The summed E-state index contributed by atoms with van der Waals surface area (Å²) in [5, 5.41) is 13.6. The summed E-state index contributed by atoms with van der Waals surface area (Å²) in [5.74, 6) is 0. The Kier molecular flexibility index (Phi) is 2.15. The summed E-state index contributed by atoms with van der Waals surface area (Å²) in [5.41, 5.74) is 5.23. The van der Waals surface area contributed by atoms with Crippen LogP contribution in [-0.2, 0) is 6.42 Å². The van der Waals surface area contributed by atoms with E-state index in [0.29, 0.717) is 0 Å². The summed E-state index contributed by atoms with van der Waals surface area (Å²) >= 11 is 0. The Morgan fingerprint density at radius 3 is 3.00 bits per heavy atom. The van der Waals surface area contributed by atoms with Gasteiger partial charge in [-0.3, -0.25) is 0 Å². The third-order valence-corrected chi connectivity index (χ3v) is 3.28. The molecule has 3 heteroatoms. The molecule has 0 bridgehead atoms. The van der Waals surface area contributed by atoms with Gasteiger partial charge in [-0.15, -0.1) is 0 Å². The maximum absolute atomic E-state index is 9.03. The van der Waals surface area contributed by atoms with Crippen molar-refractivity contribution in [2.45, 2.75) is 13.3 Å². The molecule has 2 aromatic rings. The lowest BCUT2D eigenvalue weighted by Gasteiger charge is -2.18. The predicted molar refractivity (Wildman–Crippen MR) is 68.2 cm³/mol. The van der Waals surface area contributed by atoms with E-state index in [9.17, 15) is 0 Å². The van der Waals surface area contributed by atoms with Crippen LogP contribution < -0.4 is 5.32 Å². The van der Waals surface area contributed by atoms with Gasteiger partial charge in [-0.05, 0) is 25.0 Å². The number of rotatable bonds is 0. The highest BCUT2D eigenvalue weighted by Gasteiger charge is 2.20. The number of hydrogen-bond acceptors (Lipinski definition) is 2. The van der Waals surface area contributed by atoms with Crippen molar-refractivity contribution in [3.63, 3.8) is 0 Å². The highest BCUT2D eigenvalue weighted by Crippen LogP contribution is 2.30. The van der Waals surface area contributed by atoms with E-state index in [1.807, 2.05) is 13.0 Å². The molecule has 2 heterocycles. The number of nitrogens with zero attached hydrogens (tertiary/aromatic N) is 1. The molecule has 2 N–H and O–H groups in total. The second kappa shape index (κ2) is 3.67. The largest absolute Gasteiger partial charge is 0.382 e. The number of hydrogen-bond donors (Lipinski definition) is 2. The lowest BCUT2D eigenvalue weighted by molar-refractivity contribution is 0.810. The van der Waals surface area contributed by atoms with Gasteiger partial charge in [0.1, 0.15) is 0 Å². The van der Waals surface area contributed by atoms with E-state index in [1.165, 1.54) is 10.9 Å². The van der Waals surface area contributed by atoms with Crippen molar-refractivity contribution in [2.24, 2.45) is 0 Å². The smallest absolute Gasteiger partial charge is 0.0966 e. The molecule has 3 nitrogen and oxygen atoms in total. The van der Waals surface area contributed by atoms with Crippen LogP contribution in [0.15, 0.2) is 29.8 Å². The predicted octanol–water partition coefficient (Wildman–Crippen LogP) is 2.57. The van der Waals surface area contributed by atoms with Crippen LogP contribution in [0.2, 0.25) is 0 Å². The molecule has 17 heavy (non-hydrogen) atoms. The Morgan fingerprint density at radius 1 is 1.35 bits per heavy atom. The summed E-state index contributed by atoms with van der Waals surface area (Å²) in [6.07, 6.45) is 1.00. The Morgan fingerprint density at radius 2 is 2.18 bits per heavy atom. The molecule has 0 unspecified atom stereocenters. The van der Waals surface area contributed by atoms with Crippen LogP contribution >= 0.6 is 0 Å². The van der Waals surface area contributed by atoms with Gasteiger partial charge >= 0.3 is 0 Å². The molecule has 0 saturated heterocycles. The minimum Gasteiger partial charge on any atom is -0.382 e. The fourth-order valence-electron chi connectivity index (χ4n) is 2.45. The van der Waals surface area contributed by atoms with Gasteiger partial charge in [0.2, 0.25) is 0 Å². The second-order valence-corrected chi connectivity index (χ2v) is 4.31. The van der Waals surface area contributed by atoms with Gasteiger partial charge in [0.15, 0.2) is 0 Å². The Hall–Kier alpha value is -2.21. The molecule has 0 fully saturated rings. The first-order chi connectivity index (χ1) is 8.31. The molecular weight excluding hydrogens is 210 g/mol. The van der Waals surface area contributed by atoms with Crippen LogP contribution in [0.1, 0.15) is 18.2 Å². The van der Waals surface area contributed by atoms with E-state index in [-0.39, 0.29) is 0 Å². The minimum atomic E-state index is 0.734. The van der Waals surface area contributed by atoms with Gasteiger partial charge in [-0.25, -0.2) is 0 Å². The maximum atomic E-state index is 9.03. The van der Waals surface area contributed by atoms with Crippen LogP contribution in [0, 0.1) is 11.3 Å². The van der Waals surface area contributed by atoms with E-state index < -0.39 is 0 Å². The molecule has 1 aliphatic heterocycles. The topological polar surface area (TPSA) is 51.6 Å². The molecule has 0 spiro atoms. The fraction of sp³-hybridized carbons (Fsp3) is 0.214. The third-order valence-electron chi connectivity index (χ3n) is 3.28. The molecule has 1 aromatic carbocycles. The monoisotopic (exact) mass is 223 g/mol. The summed E-state index contributed by atoms with van der Waals surface area (Å²) < 4.78 is 0. The van der Waals surface area contributed by atoms with Gasteiger partial charge in [-0.2, -0.15) is 5.26 Å². The van der Waals surface area contributed by atoms with Gasteiger partial charge < -0.3 is 10.3 Å². The first-order valence-electron chi connectivity index (χ1n) is 5.76. The van der Waals surface area contributed by atoms with Crippen molar-refractivity contribution in [1.29, 1.82) is 5.26 Å². The third kappa shape index (κ3) is 1.42. The number of nitrogens with one attached hydrogen (secondary N) is 2. The van der Waals surface area contributed by atoms with Gasteiger partial charge in [0.25, 0.3) is 0 Å². The molecule has 1 aliphatic rings. The summed E-state index contributed by atoms with van der Waals surface area (Å²) in [4.78, 5) is 3.41. The Balaban J connectivity index is 2.33. The normalized spacial score (nSPS) is 17.2. The highest BCUT2D eigenvalue weighted by atomic mass is 14.9. The zero-order chi connectivity index (χ0) is 11.8. The molecule has 0 radical (unpaired) electrons. The average molecular weight is 223 g/mol. The summed E-state index contributed by atoms with van der Waals surface area (Å²) in [7, 11) is 0. The van der Waals surface area contributed by atoms with Crippen LogP contribution in [-0.4, -0.2) is 11.5 Å². The Labute approximate surface area is 99.8 Å². The zero-order valence-corrected chi connectivity index (χ0v) is 9.67. The average Bonchev–Trinajstić information content (AvgIpc) is 2.76. The van der Waals surface area contributed by atoms with Crippen LogP contribution in [0.4, 0.5) is 0 Å². The molecule has 1 aromatic heterocycles. The van der Waals surface area contributed by atoms with Gasteiger partial charge in [-0.1, -0.05) is 18.2 Å². The quantitative estimate of drug-likeness (QED) is 0.674. The number of aromatic amines is 1. The van der Waals surface area contributed by atoms with Gasteiger partial charge in [0.05, 0.1) is 23.0 Å². The van der Waals surface area contributed by atoms with E-state index in [4.69, 9.17) is 5.26 Å². The van der Waals surface area contributed by atoms with Crippen LogP contribution in [0.25, 0.3) is 16.6 Å². The van der Waals surface area contributed by atoms with E-state index in [1.54, 1.807) is 0 Å². The number of fused-ring (bicyclic) bond motifs is 3. The maximum Gasteiger partial charge on any atom is 0.0966 e. The second-order valence-electron chi connectivity index (χ2n) is 4.31. The number of H-pyrrole nitrogens is 1. The Bertz CT molecular complexity index is 656. The fourth-order valence-corrected chi connectivity index (χ4v) is 2.45. The van der Waals surface area contributed by atoms with Crippen molar-refractivity contribution in [3.8, 4) is 6.07 Å². The van der Waals surface area contributed by atoms with Crippen LogP contribution in [0.5, 0.6) is 0 Å². The van der Waals surface area contributed by atoms with Crippen molar-refractivity contribution in [2.75, 3.05) is 6.54 Å². The van der Waals surface area contributed by atoms with E-state index in [0.717, 1.165) is 35.4 Å². The van der Waals surface area contributed by atoms with Crippen molar-refractivity contribution >= 4 is 16.6 Å². The number of benzene rings is 1. The minimum absolute atomic E-state index is 0.734.